The summed E-state index contributed by atoms with van der Waals surface area (Å²) in [5, 5.41) is 13.0. The van der Waals surface area contributed by atoms with Crippen LogP contribution in [0.1, 0.15) is 24.3 Å². The minimum Gasteiger partial charge on any atom is -0.476 e. The Bertz CT molecular complexity index is 780. The maximum absolute atomic E-state index is 12.4. The van der Waals surface area contributed by atoms with Crippen molar-refractivity contribution in [3.05, 3.63) is 36.0 Å². The number of amides is 2. The molecule has 1 saturated heterocycles. The van der Waals surface area contributed by atoms with Crippen molar-refractivity contribution in [2.45, 2.75) is 19.9 Å². The Balaban J connectivity index is 1.84. The quantitative estimate of drug-likeness (QED) is 0.935. The van der Waals surface area contributed by atoms with Crippen molar-refractivity contribution in [1.82, 2.24) is 14.7 Å². The number of aromatic nitrogens is 2. The zero-order chi connectivity index (χ0) is 17.4. The minimum absolute atomic E-state index is 0.0128. The van der Waals surface area contributed by atoms with Gasteiger partial charge in [-0.2, -0.15) is 5.10 Å². The van der Waals surface area contributed by atoms with Gasteiger partial charge in [-0.1, -0.05) is 12.1 Å². The van der Waals surface area contributed by atoms with Gasteiger partial charge < -0.3 is 10.0 Å². The maximum Gasteiger partial charge on any atom is 0.356 e. The molecule has 1 aliphatic heterocycles. The number of carboxylic acid groups (broad SMARTS) is 1. The minimum atomic E-state index is -1.05. The summed E-state index contributed by atoms with van der Waals surface area (Å²) in [6.45, 7) is 5.41. The molecule has 0 bridgehead atoms. The van der Waals surface area contributed by atoms with Gasteiger partial charge in [0.2, 0.25) is 0 Å². The summed E-state index contributed by atoms with van der Waals surface area (Å²) >= 11 is 0. The first kappa shape index (κ1) is 16.0. The van der Waals surface area contributed by atoms with Crippen molar-refractivity contribution in [1.29, 1.82) is 0 Å². The third-order valence-corrected chi connectivity index (χ3v) is 4.24. The lowest BCUT2D eigenvalue weighted by atomic mass is 10.1. The molecular weight excluding hydrogens is 308 g/mol. The van der Waals surface area contributed by atoms with Crippen LogP contribution in [0, 0.1) is 0 Å². The van der Waals surface area contributed by atoms with E-state index in [0.717, 1.165) is 23.5 Å². The Hall–Kier alpha value is -2.83. The summed E-state index contributed by atoms with van der Waals surface area (Å²) in [6.07, 6.45) is 0. The van der Waals surface area contributed by atoms with Crippen molar-refractivity contribution in [3.8, 4) is 11.3 Å². The smallest absolute Gasteiger partial charge is 0.356 e. The fraction of sp³-hybridized carbons (Fsp3) is 0.353. The highest BCUT2D eigenvalue weighted by molar-refractivity contribution is 5.94. The number of urea groups is 1. The number of nitrogens with zero attached hydrogens (tertiary/aromatic N) is 4. The van der Waals surface area contributed by atoms with Gasteiger partial charge in [-0.15, -0.1) is 0 Å². The van der Waals surface area contributed by atoms with Gasteiger partial charge >= 0.3 is 12.0 Å². The maximum atomic E-state index is 12.4. The fourth-order valence-electron chi connectivity index (χ4n) is 2.93. The molecule has 0 atom stereocenters. The first-order chi connectivity index (χ1) is 11.4. The second-order valence-corrected chi connectivity index (χ2v) is 6.11. The predicted octanol–water partition coefficient (Wildman–Crippen LogP) is 2.44. The molecule has 7 heteroatoms. The fourth-order valence-corrected chi connectivity index (χ4v) is 2.93. The van der Waals surface area contributed by atoms with Crippen LogP contribution in [0.2, 0.25) is 0 Å². The van der Waals surface area contributed by atoms with E-state index in [9.17, 15) is 9.59 Å². The Labute approximate surface area is 140 Å². The summed E-state index contributed by atoms with van der Waals surface area (Å²) in [4.78, 5) is 27.0. The molecule has 1 aliphatic rings. The van der Waals surface area contributed by atoms with Crippen LogP contribution in [0.4, 0.5) is 10.5 Å². The molecule has 2 aromatic rings. The molecule has 1 N–H and O–H groups in total. The first-order valence-corrected chi connectivity index (χ1v) is 7.84. The number of hydrogen-bond donors (Lipinski definition) is 1. The normalized spacial score (nSPS) is 14.8. The predicted molar refractivity (Wildman–Crippen MR) is 90.2 cm³/mol. The molecule has 2 heterocycles. The van der Waals surface area contributed by atoms with Gasteiger partial charge in [0.25, 0.3) is 0 Å². The molecule has 24 heavy (non-hydrogen) atoms. The Morgan fingerprint density at radius 2 is 1.88 bits per heavy atom. The number of anilines is 1. The summed E-state index contributed by atoms with van der Waals surface area (Å²) in [6, 6.07) is 9.26. The lowest BCUT2D eigenvalue weighted by molar-refractivity contribution is 0.0689. The average molecular weight is 328 g/mol. The zero-order valence-electron chi connectivity index (χ0n) is 13.9. The van der Waals surface area contributed by atoms with Gasteiger partial charge in [0.05, 0.1) is 5.69 Å². The number of hydrogen-bond acceptors (Lipinski definition) is 3. The molecule has 3 rings (SSSR count). The summed E-state index contributed by atoms with van der Waals surface area (Å²) in [7, 11) is 1.71. The van der Waals surface area contributed by atoms with Crippen LogP contribution < -0.4 is 4.90 Å². The molecule has 0 spiro atoms. The molecule has 0 unspecified atom stereocenters. The van der Waals surface area contributed by atoms with Crippen LogP contribution in [0.25, 0.3) is 11.3 Å². The molecule has 0 saturated carbocycles. The average Bonchev–Trinajstić information content (AvgIpc) is 3.11. The van der Waals surface area contributed by atoms with Crippen molar-refractivity contribution in [2.24, 2.45) is 7.05 Å². The highest BCUT2D eigenvalue weighted by atomic mass is 16.4. The van der Waals surface area contributed by atoms with Crippen molar-refractivity contribution in [2.75, 3.05) is 18.0 Å². The first-order valence-electron chi connectivity index (χ1n) is 7.84. The lowest BCUT2D eigenvalue weighted by Gasteiger charge is -2.21. The van der Waals surface area contributed by atoms with Gasteiger partial charge in [-0.25, -0.2) is 9.59 Å². The highest BCUT2D eigenvalue weighted by Gasteiger charge is 2.31. The second kappa shape index (κ2) is 5.99. The standard InChI is InChI=1S/C17H20N4O3/c1-11(2)20-8-9-21(17(20)24)13-6-4-12(5-7-13)15-10-14(16(22)23)18-19(15)3/h4-7,10-11H,8-9H2,1-3H3,(H,22,23). The van der Waals surface area contributed by atoms with E-state index >= 15 is 0 Å². The molecule has 2 amide bonds. The second-order valence-electron chi connectivity index (χ2n) is 6.11. The molecular formula is C17H20N4O3. The third kappa shape index (κ3) is 2.73. The van der Waals surface area contributed by atoms with E-state index in [-0.39, 0.29) is 17.8 Å². The van der Waals surface area contributed by atoms with Crippen LogP contribution in [-0.4, -0.2) is 50.9 Å². The molecule has 1 fully saturated rings. The van der Waals surface area contributed by atoms with Crippen LogP contribution in [0.3, 0.4) is 0 Å². The number of benzene rings is 1. The molecule has 1 aromatic heterocycles. The number of aromatic carboxylic acids is 1. The number of rotatable bonds is 4. The molecule has 7 nitrogen and oxygen atoms in total. The van der Waals surface area contributed by atoms with Gasteiger partial charge in [0.1, 0.15) is 0 Å². The highest BCUT2D eigenvalue weighted by Crippen LogP contribution is 2.26. The van der Waals surface area contributed by atoms with E-state index in [1.165, 1.54) is 0 Å². The van der Waals surface area contributed by atoms with E-state index in [1.54, 1.807) is 22.7 Å². The van der Waals surface area contributed by atoms with Gasteiger partial charge in [0.15, 0.2) is 5.69 Å². The SMILES string of the molecule is CC(C)N1CCN(c2ccc(-c3cc(C(=O)O)nn3C)cc2)C1=O. The van der Waals surface area contributed by atoms with Crippen LogP contribution >= 0.6 is 0 Å². The number of aryl methyl sites for hydroxylation is 1. The summed E-state index contributed by atoms with van der Waals surface area (Å²) < 4.78 is 1.54. The summed E-state index contributed by atoms with van der Waals surface area (Å²) in [5.41, 5.74) is 2.43. The van der Waals surface area contributed by atoms with Crippen LogP contribution in [0.15, 0.2) is 30.3 Å². The van der Waals surface area contributed by atoms with Gasteiger partial charge in [0, 0.05) is 31.9 Å². The van der Waals surface area contributed by atoms with Crippen LogP contribution in [0.5, 0.6) is 0 Å². The Kier molecular flexibility index (Phi) is 4.01. The Morgan fingerprint density at radius 3 is 2.38 bits per heavy atom. The van der Waals surface area contributed by atoms with E-state index in [2.05, 4.69) is 5.10 Å². The lowest BCUT2D eigenvalue weighted by Crippen LogP contribution is -2.36. The van der Waals surface area contributed by atoms with Crippen molar-refractivity contribution >= 4 is 17.7 Å². The van der Waals surface area contributed by atoms with E-state index in [0.29, 0.717) is 6.54 Å². The molecule has 1 aromatic carbocycles. The third-order valence-electron chi connectivity index (χ3n) is 4.24. The van der Waals surface area contributed by atoms with Crippen molar-refractivity contribution in [3.63, 3.8) is 0 Å². The number of carbonyl (C=O) groups is 2. The number of carboxylic acids is 1. The molecule has 0 radical (unpaired) electrons. The van der Waals surface area contributed by atoms with E-state index in [4.69, 9.17) is 5.11 Å². The molecule has 126 valence electrons. The summed E-state index contributed by atoms with van der Waals surface area (Å²) in [5.74, 6) is -1.05. The van der Waals surface area contributed by atoms with E-state index < -0.39 is 5.97 Å². The van der Waals surface area contributed by atoms with E-state index in [1.807, 2.05) is 43.0 Å². The molecule has 0 aliphatic carbocycles. The number of carbonyl (C=O) groups excluding carboxylic acids is 1. The largest absolute Gasteiger partial charge is 0.476 e. The topological polar surface area (TPSA) is 78.7 Å². The van der Waals surface area contributed by atoms with Gasteiger partial charge in [-0.3, -0.25) is 9.58 Å². The zero-order valence-corrected chi connectivity index (χ0v) is 13.9. The monoisotopic (exact) mass is 328 g/mol. The van der Waals surface area contributed by atoms with Crippen molar-refractivity contribution < 1.29 is 14.7 Å². The Morgan fingerprint density at radius 1 is 1.21 bits per heavy atom. The van der Waals surface area contributed by atoms with Gasteiger partial charge in [-0.05, 0) is 37.6 Å². The van der Waals surface area contributed by atoms with Crippen LogP contribution in [-0.2, 0) is 7.05 Å².